The number of nitrogens with one attached hydrogen (secondary N) is 1. The molecule has 29 heavy (non-hydrogen) atoms. The lowest BCUT2D eigenvalue weighted by Gasteiger charge is -2.22. The van der Waals surface area contributed by atoms with Gasteiger partial charge in [-0.15, -0.1) is 0 Å². The van der Waals surface area contributed by atoms with Crippen LogP contribution in [0.5, 0.6) is 0 Å². The molecule has 148 valence electrons. The van der Waals surface area contributed by atoms with Gasteiger partial charge in [0, 0.05) is 11.3 Å². The van der Waals surface area contributed by atoms with Gasteiger partial charge in [-0.05, 0) is 67.6 Å². The molecule has 2 aliphatic rings. The SMILES string of the molecule is Cc1cccc(NC(=O)c2ccc(N3C(=O)[C@H]4[C@@H](C)C=CC[C@H]4C3=O)cc2)c1C. The van der Waals surface area contributed by atoms with Crippen LogP contribution in [0, 0.1) is 31.6 Å². The zero-order chi connectivity index (χ0) is 20.7. The number of allylic oxidation sites excluding steroid dienone is 2. The maximum absolute atomic E-state index is 12.9. The van der Waals surface area contributed by atoms with E-state index in [0.717, 1.165) is 16.8 Å². The summed E-state index contributed by atoms with van der Waals surface area (Å²) in [5.41, 5.74) is 3.89. The lowest BCUT2D eigenvalue weighted by molar-refractivity contribution is -0.122. The molecule has 1 heterocycles. The van der Waals surface area contributed by atoms with Crippen LogP contribution >= 0.6 is 0 Å². The topological polar surface area (TPSA) is 66.5 Å². The molecule has 2 aromatic rings. The Balaban J connectivity index is 1.54. The molecule has 0 radical (unpaired) electrons. The van der Waals surface area contributed by atoms with E-state index in [-0.39, 0.29) is 35.5 Å². The highest BCUT2D eigenvalue weighted by Crippen LogP contribution is 2.40. The molecule has 4 rings (SSSR count). The summed E-state index contributed by atoms with van der Waals surface area (Å²) in [4.78, 5) is 39.6. The van der Waals surface area contributed by atoms with E-state index in [0.29, 0.717) is 17.7 Å². The summed E-state index contributed by atoms with van der Waals surface area (Å²) in [7, 11) is 0. The maximum atomic E-state index is 12.9. The Hall–Kier alpha value is -3.21. The number of anilines is 2. The van der Waals surface area contributed by atoms with E-state index in [9.17, 15) is 14.4 Å². The Morgan fingerprint density at radius 3 is 2.45 bits per heavy atom. The fourth-order valence-electron chi connectivity index (χ4n) is 4.24. The fraction of sp³-hybridized carbons (Fsp3) is 0.292. The van der Waals surface area contributed by atoms with Crippen LogP contribution in [0.15, 0.2) is 54.6 Å². The van der Waals surface area contributed by atoms with E-state index in [4.69, 9.17) is 0 Å². The molecule has 1 aliphatic carbocycles. The number of benzene rings is 2. The van der Waals surface area contributed by atoms with Crippen molar-refractivity contribution < 1.29 is 14.4 Å². The predicted molar refractivity (Wildman–Crippen MR) is 113 cm³/mol. The molecule has 0 saturated carbocycles. The molecule has 1 fully saturated rings. The van der Waals surface area contributed by atoms with Crippen LogP contribution in [0.1, 0.15) is 34.8 Å². The van der Waals surface area contributed by atoms with Crippen molar-refractivity contribution in [3.05, 3.63) is 71.3 Å². The van der Waals surface area contributed by atoms with Crippen LogP contribution in [-0.2, 0) is 9.59 Å². The van der Waals surface area contributed by atoms with E-state index in [2.05, 4.69) is 5.32 Å². The van der Waals surface area contributed by atoms with Crippen LogP contribution in [0.4, 0.5) is 11.4 Å². The van der Waals surface area contributed by atoms with Crippen molar-refractivity contribution in [1.29, 1.82) is 0 Å². The van der Waals surface area contributed by atoms with Crippen molar-refractivity contribution in [2.75, 3.05) is 10.2 Å². The summed E-state index contributed by atoms with van der Waals surface area (Å²) in [6.45, 7) is 5.94. The minimum atomic E-state index is -0.292. The lowest BCUT2D eigenvalue weighted by atomic mass is 9.78. The first kappa shape index (κ1) is 19.1. The Labute approximate surface area is 170 Å². The summed E-state index contributed by atoms with van der Waals surface area (Å²) < 4.78 is 0. The molecule has 3 amide bonds. The van der Waals surface area contributed by atoms with Crippen molar-refractivity contribution in [2.24, 2.45) is 17.8 Å². The van der Waals surface area contributed by atoms with Crippen LogP contribution in [0.25, 0.3) is 0 Å². The molecule has 5 nitrogen and oxygen atoms in total. The van der Waals surface area contributed by atoms with Gasteiger partial charge in [-0.1, -0.05) is 31.2 Å². The molecule has 3 atom stereocenters. The van der Waals surface area contributed by atoms with Crippen molar-refractivity contribution in [1.82, 2.24) is 0 Å². The van der Waals surface area contributed by atoms with Gasteiger partial charge in [-0.2, -0.15) is 0 Å². The summed E-state index contributed by atoms with van der Waals surface area (Å²) in [6, 6.07) is 12.4. The predicted octanol–water partition coefficient (Wildman–Crippen LogP) is 4.26. The number of fused-ring (bicyclic) bond motifs is 1. The summed E-state index contributed by atoms with van der Waals surface area (Å²) in [6.07, 6.45) is 4.60. The van der Waals surface area contributed by atoms with Crippen molar-refractivity contribution in [3.63, 3.8) is 0 Å². The maximum Gasteiger partial charge on any atom is 0.255 e. The lowest BCUT2D eigenvalue weighted by Crippen LogP contribution is -2.31. The molecule has 1 N–H and O–H groups in total. The number of carbonyl (C=O) groups excluding carboxylic acids is 3. The number of nitrogens with zero attached hydrogens (tertiary/aromatic N) is 1. The third-order valence-electron chi connectivity index (χ3n) is 6.11. The average Bonchev–Trinajstić information content (AvgIpc) is 2.97. The van der Waals surface area contributed by atoms with E-state index in [1.807, 2.05) is 51.1 Å². The van der Waals surface area contributed by atoms with Gasteiger partial charge in [0.1, 0.15) is 0 Å². The number of amides is 3. The normalized spacial score (nSPS) is 23.3. The molecule has 0 bridgehead atoms. The van der Waals surface area contributed by atoms with E-state index >= 15 is 0 Å². The van der Waals surface area contributed by atoms with Gasteiger partial charge in [0.05, 0.1) is 17.5 Å². The second kappa shape index (κ2) is 7.32. The minimum Gasteiger partial charge on any atom is -0.322 e. The monoisotopic (exact) mass is 388 g/mol. The second-order valence-corrected chi connectivity index (χ2v) is 7.92. The van der Waals surface area contributed by atoms with Gasteiger partial charge < -0.3 is 5.32 Å². The molecule has 2 aromatic carbocycles. The van der Waals surface area contributed by atoms with Crippen LogP contribution < -0.4 is 10.2 Å². The smallest absolute Gasteiger partial charge is 0.255 e. The Bertz CT molecular complexity index is 1020. The molecule has 0 unspecified atom stereocenters. The number of carbonyl (C=O) groups is 3. The Kier molecular flexibility index (Phi) is 4.82. The summed E-state index contributed by atoms with van der Waals surface area (Å²) in [5.74, 6) is -1.04. The minimum absolute atomic E-state index is 0.0535. The van der Waals surface area contributed by atoms with E-state index in [1.165, 1.54) is 4.90 Å². The Morgan fingerprint density at radius 2 is 1.76 bits per heavy atom. The molecular formula is C24H24N2O3. The molecular weight excluding hydrogens is 364 g/mol. The first-order valence-electron chi connectivity index (χ1n) is 9.90. The zero-order valence-corrected chi connectivity index (χ0v) is 16.8. The molecule has 0 spiro atoms. The zero-order valence-electron chi connectivity index (χ0n) is 16.8. The van der Waals surface area contributed by atoms with Crippen LogP contribution in [-0.4, -0.2) is 17.7 Å². The largest absolute Gasteiger partial charge is 0.322 e. The van der Waals surface area contributed by atoms with Gasteiger partial charge in [-0.25, -0.2) is 0 Å². The van der Waals surface area contributed by atoms with Crippen LogP contribution in [0.3, 0.4) is 0 Å². The van der Waals surface area contributed by atoms with Gasteiger partial charge in [0.15, 0.2) is 0 Å². The molecule has 1 aliphatic heterocycles. The molecule has 0 aromatic heterocycles. The van der Waals surface area contributed by atoms with Gasteiger partial charge in [0.25, 0.3) is 5.91 Å². The van der Waals surface area contributed by atoms with Crippen molar-refractivity contribution in [2.45, 2.75) is 27.2 Å². The number of hydrogen-bond donors (Lipinski definition) is 1. The highest BCUT2D eigenvalue weighted by Gasteiger charge is 2.50. The van der Waals surface area contributed by atoms with E-state index in [1.54, 1.807) is 24.3 Å². The molecule has 5 heteroatoms. The average molecular weight is 388 g/mol. The number of rotatable bonds is 3. The second-order valence-electron chi connectivity index (χ2n) is 7.92. The summed E-state index contributed by atoms with van der Waals surface area (Å²) >= 11 is 0. The van der Waals surface area contributed by atoms with Crippen LogP contribution in [0.2, 0.25) is 0 Å². The fourth-order valence-corrected chi connectivity index (χ4v) is 4.24. The number of imide groups is 1. The molecule has 1 saturated heterocycles. The van der Waals surface area contributed by atoms with Gasteiger partial charge in [-0.3, -0.25) is 19.3 Å². The van der Waals surface area contributed by atoms with E-state index < -0.39 is 0 Å². The van der Waals surface area contributed by atoms with Gasteiger partial charge in [0.2, 0.25) is 11.8 Å². The van der Waals surface area contributed by atoms with Crippen molar-refractivity contribution in [3.8, 4) is 0 Å². The number of hydrogen-bond acceptors (Lipinski definition) is 3. The standard InChI is InChI=1S/C24H24N2O3/c1-14-6-5-9-20(16(14)3)25-22(27)17-10-12-18(13-11-17)26-23(28)19-8-4-7-15(2)21(19)24(26)29/h4-7,9-13,15,19,21H,8H2,1-3H3,(H,25,27)/t15-,19+,21-/m0/s1. The van der Waals surface area contributed by atoms with Gasteiger partial charge >= 0.3 is 0 Å². The highest BCUT2D eigenvalue weighted by atomic mass is 16.2. The third kappa shape index (κ3) is 3.27. The first-order valence-corrected chi connectivity index (χ1v) is 9.90. The quantitative estimate of drug-likeness (QED) is 0.631. The number of aryl methyl sites for hydroxylation is 1. The highest BCUT2D eigenvalue weighted by molar-refractivity contribution is 6.22. The summed E-state index contributed by atoms with van der Waals surface area (Å²) in [5, 5.41) is 2.93. The first-order chi connectivity index (χ1) is 13.9. The third-order valence-corrected chi connectivity index (χ3v) is 6.11. The van der Waals surface area contributed by atoms with Crippen molar-refractivity contribution >= 4 is 29.1 Å². The Morgan fingerprint density at radius 1 is 1.03 bits per heavy atom.